The number of hydrogen-bond donors (Lipinski definition) is 1. The largest absolute Gasteiger partial charge is 0.385 e. The third kappa shape index (κ3) is 3.34. The lowest BCUT2D eigenvalue weighted by Crippen LogP contribution is -2.21. The zero-order chi connectivity index (χ0) is 13.9. The zero-order valence-corrected chi connectivity index (χ0v) is 11.5. The molecule has 0 amide bonds. The Morgan fingerprint density at radius 1 is 1.00 bits per heavy atom. The van der Waals surface area contributed by atoms with E-state index in [1.807, 2.05) is 24.3 Å². The number of rotatable bonds is 4. The van der Waals surface area contributed by atoms with Crippen molar-refractivity contribution in [3.8, 4) is 11.1 Å². The van der Waals surface area contributed by atoms with Crippen LogP contribution < -0.4 is 0 Å². The van der Waals surface area contributed by atoms with E-state index in [-0.39, 0.29) is 5.82 Å². The van der Waals surface area contributed by atoms with E-state index in [2.05, 4.69) is 0 Å². The Hall–Kier alpha value is -1.38. The summed E-state index contributed by atoms with van der Waals surface area (Å²) in [6.07, 6.45) is 0.504. The third-order valence-corrected chi connectivity index (χ3v) is 3.45. The second-order valence-electron chi connectivity index (χ2n) is 4.80. The van der Waals surface area contributed by atoms with Gasteiger partial charge in [-0.2, -0.15) is 0 Å². The van der Waals surface area contributed by atoms with E-state index in [1.54, 1.807) is 19.1 Å². The average Bonchev–Trinajstić information content (AvgIpc) is 2.40. The van der Waals surface area contributed by atoms with Crippen LogP contribution >= 0.6 is 11.6 Å². The summed E-state index contributed by atoms with van der Waals surface area (Å²) in [6, 6.07) is 14.0. The predicted octanol–water partition coefficient (Wildman–Crippen LogP) is 4.33. The number of hydrogen-bond acceptors (Lipinski definition) is 1. The summed E-state index contributed by atoms with van der Waals surface area (Å²) in [6.45, 7) is 1.75. The molecule has 2 aromatic carbocycles. The molecule has 0 aromatic heterocycles. The maximum absolute atomic E-state index is 12.9. The third-order valence-electron chi connectivity index (χ3n) is 3.27. The summed E-state index contributed by atoms with van der Waals surface area (Å²) in [7, 11) is 0. The highest BCUT2D eigenvalue weighted by molar-refractivity contribution is 6.17. The molecule has 100 valence electrons. The highest BCUT2D eigenvalue weighted by atomic mass is 35.5. The van der Waals surface area contributed by atoms with Crippen molar-refractivity contribution < 1.29 is 9.50 Å². The Kier molecular flexibility index (Phi) is 4.23. The maximum Gasteiger partial charge on any atom is 0.123 e. The molecule has 3 heteroatoms. The van der Waals surface area contributed by atoms with Crippen LogP contribution in [0.25, 0.3) is 11.1 Å². The average molecular weight is 279 g/mol. The van der Waals surface area contributed by atoms with E-state index in [0.717, 1.165) is 16.7 Å². The van der Waals surface area contributed by atoms with Gasteiger partial charge in [-0.3, -0.25) is 0 Å². The van der Waals surface area contributed by atoms with Crippen LogP contribution in [-0.2, 0) is 5.60 Å². The van der Waals surface area contributed by atoms with Gasteiger partial charge in [0.25, 0.3) is 0 Å². The van der Waals surface area contributed by atoms with Crippen molar-refractivity contribution in [1.29, 1.82) is 0 Å². The first-order chi connectivity index (χ1) is 9.03. The van der Waals surface area contributed by atoms with Crippen molar-refractivity contribution in [3.63, 3.8) is 0 Å². The summed E-state index contributed by atoms with van der Waals surface area (Å²) in [5, 5.41) is 10.2. The minimum absolute atomic E-state index is 0.245. The van der Waals surface area contributed by atoms with Gasteiger partial charge in [0.15, 0.2) is 0 Å². The molecule has 1 atom stereocenters. The van der Waals surface area contributed by atoms with Crippen LogP contribution in [0.4, 0.5) is 4.39 Å². The minimum atomic E-state index is -0.914. The van der Waals surface area contributed by atoms with Crippen molar-refractivity contribution in [2.75, 3.05) is 5.88 Å². The molecule has 1 nitrogen and oxygen atoms in total. The van der Waals surface area contributed by atoms with E-state index in [9.17, 15) is 9.50 Å². The van der Waals surface area contributed by atoms with Gasteiger partial charge in [-0.1, -0.05) is 36.4 Å². The molecule has 1 unspecified atom stereocenters. The summed E-state index contributed by atoms with van der Waals surface area (Å²) >= 11 is 5.68. The zero-order valence-electron chi connectivity index (χ0n) is 10.7. The van der Waals surface area contributed by atoms with E-state index in [0.29, 0.717) is 12.3 Å². The fraction of sp³-hybridized carbons (Fsp3) is 0.250. The summed E-state index contributed by atoms with van der Waals surface area (Å²) < 4.78 is 12.9. The first-order valence-corrected chi connectivity index (χ1v) is 6.71. The molecule has 0 aliphatic heterocycles. The lowest BCUT2D eigenvalue weighted by Gasteiger charge is -2.23. The van der Waals surface area contributed by atoms with Crippen LogP contribution in [0.3, 0.4) is 0 Å². The highest BCUT2D eigenvalue weighted by Gasteiger charge is 2.21. The normalized spacial score (nSPS) is 14.1. The van der Waals surface area contributed by atoms with Crippen LogP contribution in [0.15, 0.2) is 48.5 Å². The van der Waals surface area contributed by atoms with Crippen LogP contribution in [0, 0.1) is 5.82 Å². The van der Waals surface area contributed by atoms with Gasteiger partial charge in [-0.15, -0.1) is 11.6 Å². The van der Waals surface area contributed by atoms with E-state index in [1.165, 1.54) is 12.1 Å². The van der Waals surface area contributed by atoms with Gasteiger partial charge in [0.05, 0.1) is 5.60 Å². The molecule has 0 heterocycles. The van der Waals surface area contributed by atoms with Crippen molar-refractivity contribution >= 4 is 11.6 Å². The van der Waals surface area contributed by atoms with Gasteiger partial charge in [0.1, 0.15) is 5.82 Å². The Labute approximate surface area is 117 Å². The lowest BCUT2D eigenvalue weighted by molar-refractivity contribution is 0.0540. The Morgan fingerprint density at radius 2 is 1.47 bits per heavy atom. The van der Waals surface area contributed by atoms with Crippen molar-refractivity contribution in [2.45, 2.75) is 18.9 Å². The second-order valence-corrected chi connectivity index (χ2v) is 5.18. The second kappa shape index (κ2) is 5.72. The van der Waals surface area contributed by atoms with Gasteiger partial charge in [-0.25, -0.2) is 4.39 Å². The van der Waals surface area contributed by atoms with Gasteiger partial charge >= 0.3 is 0 Å². The Bertz CT molecular complexity index is 532. The smallest absolute Gasteiger partial charge is 0.123 e. The van der Waals surface area contributed by atoms with Crippen LogP contribution in [0.1, 0.15) is 18.9 Å². The first kappa shape index (κ1) is 14.0. The summed E-state index contributed by atoms with van der Waals surface area (Å²) in [5.74, 6) is 0.164. The van der Waals surface area contributed by atoms with Crippen LogP contribution in [0.5, 0.6) is 0 Å². The highest BCUT2D eigenvalue weighted by Crippen LogP contribution is 2.27. The molecule has 0 aliphatic carbocycles. The molecule has 19 heavy (non-hydrogen) atoms. The maximum atomic E-state index is 12.9. The molecule has 0 spiro atoms. The standard InChI is InChI=1S/C16H16ClFO/c1-16(19,10-11-17)14-6-2-12(3-7-14)13-4-8-15(18)9-5-13/h2-9,19H,10-11H2,1H3. The molecule has 2 aromatic rings. The summed E-state index contributed by atoms with van der Waals surface area (Å²) in [5.41, 5.74) is 1.86. The van der Waals surface area contributed by atoms with E-state index in [4.69, 9.17) is 11.6 Å². The molecule has 2 rings (SSSR count). The van der Waals surface area contributed by atoms with E-state index < -0.39 is 5.60 Å². The SMILES string of the molecule is CC(O)(CCCl)c1ccc(-c2ccc(F)cc2)cc1. The molecule has 0 saturated carbocycles. The molecular weight excluding hydrogens is 263 g/mol. The lowest BCUT2D eigenvalue weighted by atomic mass is 9.92. The molecule has 0 aliphatic rings. The van der Waals surface area contributed by atoms with Crippen molar-refractivity contribution in [1.82, 2.24) is 0 Å². The quantitative estimate of drug-likeness (QED) is 0.826. The van der Waals surface area contributed by atoms with Crippen LogP contribution in [-0.4, -0.2) is 11.0 Å². The van der Waals surface area contributed by atoms with Gasteiger partial charge in [0, 0.05) is 5.88 Å². The Balaban J connectivity index is 2.25. The fourth-order valence-electron chi connectivity index (χ4n) is 1.99. The number of alkyl halides is 1. The van der Waals surface area contributed by atoms with Crippen molar-refractivity contribution in [3.05, 3.63) is 59.9 Å². The molecular formula is C16H16ClFO. The molecule has 1 N–H and O–H groups in total. The van der Waals surface area contributed by atoms with Gasteiger partial charge < -0.3 is 5.11 Å². The minimum Gasteiger partial charge on any atom is -0.385 e. The molecule has 0 radical (unpaired) electrons. The molecule has 0 bridgehead atoms. The summed E-state index contributed by atoms with van der Waals surface area (Å²) in [4.78, 5) is 0. The number of halogens is 2. The molecule has 0 saturated heterocycles. The monoisotopic (exact) mass is 278 g/mol. The molecule has 0 fully saturated rings. The fourth-order valence-corrected chi connectivity index (χ4v) is 2.36. The van der Waals surface area contributed by atoms with Crippen molar-refractivity contribution in [2.24, 2.45) is 0 Å². The number of benzene rings is 2. The Morgan fingerprint density at radius 3 is 1.95 bits per heavy atom. The topological polar surface area (TPSA) is 20.2 Å². The first-order valence-electron chi connectivity index (χ1n) is 6.18. The van der Waals surface area contributed by atoms with Gasteiger partial charge in [-0.05, 0) is 42.2 Å². The van der Waals surface area contributed by atoms with E-state index >= 15 is 0 Å². The predicted molar refractivity (Wildman–Crippen MR) is 76.7 cm³/mol. The van der Waals surface area contributed by atoms with Crippen LogP contribution in [0.2, 0.25) is 0 Å². The van der Waals surface area contributed by atoms with Gasteiger partial charge in [0.2, 0.25) is 0 Å². The number of aliphatic hydroxyl groups is 1.